The molecule has 1 heterocycles. The van der Waals surface area contributed by atoms with Gasteiger partial charge in [0.1, 0.15) is 16.8 Å². The van der Waals surface area contributed by atoms with Crippen LogP contribution < -0.4 is 10.2 Å². The van der Waals surface area contributed by atoms with Gasteiger partial charge >= 0.3 is 0 Å². The molecular formula is C15H17ClN4O. The van der Waals surface area contributed by atoms with E-state index in [1.165, 1.54) is 0 Å². The summed E-state index contributed by atoms with van der Waals surface area (Å²) in [6.07, 6.45) is 0. The van der Waals surface area contributed by atoms with Crippen LogP contribution in [0.1, 0.15) is 21.7 Å². The number of benzene rings is 1. The number of nitrogens with one attached hydrogen (secondary N) is 1. The molecule has 21 heavy (non-hydrogen) atoms. The number of halogens is 1. The molecule has 0 aliphatic rings. The maximum Gasteiger partial charge on any atom is 0.251 e. The number of carbonyl (C=O) groups is 1. The van der Waals surface area contributed by atoms with Crippen molar-refractivity contribution < 1.29 is 4.79 Å². The molecule has 0 atom stereocenters. The molecule has 0 unspecified atom stereocenters. The Morgan fingerprint density at radius 3 is 2.52 bits per heavy atom. The van der Waals surface area contributed by atoms with E-state index >= 15 is 0 Å². The molecule has 0 spiro atoms. The van der Waals surface area contributed by atoms with Gasteiger partial charge < -0.3 is 10.2 Å². The molecule has 1 amide bonds. The average Bonchev–Trinajstić information content (AvgIpc) is 2.46. The van der Waals surface area contributed by atoms with Crippen molar-refractivity contribution in [3.8, 4) is 0 Å². The summed E-state index contributed by atoms with van der Waals surface area (Å²) in [5, 5.41) is 3.03. The van der Waals surface area contributed by atoms with Crippen molar-refractivity contribution >= 4 is 23.3 Å². The number of hydrogen-bond donors (Lipinski definition) is 1. The summed E-state index contributed by atoms with van der Waals surface area (Å²) in [5.41, 5.74) is 1.72. The van der Waals surface area contributed by atoms with Gasteiger partial charge in [0.15, 0.2) is 0 Å². The molecule has 110 valence electrons. The van der Waals surface area contributed by atoms with Crippen LogP contribution >= 0.6 is 11.6 Å². The Hall–Kier alpha value is -2.14. The fraction of sp³-hybridized carbons (Fsp3) is 0.267. The molecule has 2 rings (SSSR count). The van der Waals surface area contributed by atoms with Gasteiger partial charge in [0.2, 0.25) is 0 Å². The standard InChI is InChI=1S/C15H17ClN4O/c1-10-18-13(16)8-14(19-10)20(3)9-11-4-6-12(7-5-11)15(21)17-2/h4-8H,9H2,1-3H3,(H,17,21). The number of nitrogens with zero attached hydrogens (tertiary/aromatic N) is 3. The van der Waals surface area contributed by atoms with Crippen LogP contribution in [0.15, 0.2) is 30.3 Å². The predicted molar refractivity (Wildman–Crippen MR) is 83.7 cm³/mol. The van der Waals surface area contributed by atoms with Gasteiger partial charge in [-0.25, -0.2) is 9.97 Å². The number of amides is 1. The van der Waals surface area contributed by atoms with Crippen LogP contribution in [0.5, 0.6) is 0 Å². The van der Waals surface area contributed by atoms with E-state index in [2.05, 4.69) is 15.3 Å². The molecule has 0 saturated carbocycles. The normalized spacial score (nSPS) is 10.3. The monoisotopic (exact) mass is 304 g/mol. The van der Waals surface area contributed by atoms with Crippen molar-refractivity contribution in [2.75, 3.05) is 19.0 Å². The van der Waals surface area contributed by atoms with Crippen molar-refractivity contribution in [1.29, 1.82) is 0 Å². The van der Waals surface area contributed by atoms with Crippen LogP contribution in [0.4, 0.5) is 5.82 Å². The zero-order chi connectivity index (χ0) is 15.4. The highest BCUT2D eigenvalue weighted by atomic mass is 35.5. The molecule has 0 radical (unpaired) electrons. The molecule has 1 aromatic heterocycles. The first-order valence-corrected chi connectivity index (χ1v) is 6.90. The van der Waals surface area contributed by atoms with Crippen LogP contribution in [-0.4, -0.2) is 30.0 Å². The summed E-state index contributed by atoms with van der Waals surface area (Å²) >= 11 is 5.95. The quantitative estimate of drug-likeness (QED) is 0.881. The second kappa shape index (κ2) is 6.54. The fourth-order valence-corrected chi connectivity index (χ4v) is 2.19. The molecule has 6 heteroatoms. The second-order valence-electron chi connectivity index (χ2n) is 4.73. The minimum atomic E-state index is -0.0897. The summed E-state index contributed by atoms with van der Waals surface area (Å²) < 4.78 is 0. The van der Waals surface area contributed by atoms with Crippen LogP contribution in [0.2, 0.25) is 5.15 Å². The topological polar surface area (TPSA) is 58.1 Å². The molecule has 2 aromatic rings. The third-order valence-corrected chi connectivity index (χ3v) is 3.24. The van der Waals surface area contributed by atoms with E-state index in [0.717, 1.165) is 11.4 Å². The lowest BCUT2D eigenvalue weighted by Crippen LogP contribution is -2.19. The van der Waals surface area contributed by atoms with Crippen LogP contribution in [0.3, 0.4) is 0 Å². The van der Waals surface area contributed by atoms with Crippen molar-refractivity contribution in [3.63, 3.8) is 0 Å². The summed E-state index contributed by atoms with van der Waals surface area (Å²) in [4.78, 5) is 21.9. The van der Waals surface area contributed by atoms with E-state index in [1.807, 2.05) is 24.1 Å². The molecule has 0 aliphatic carbocycles. The van der Waals surface area contributed by atoms with Crippen molar-refractivity contribution in [1.82, 2.24) is 15.3 Å². The fourth-order valence-electron chi connectivity index (χ4n) is 1.97. The predicted octanol–water partition coefficient (Wildman–Crippen LogP) is 2.43. The SMILES string of the molecule is CNC(=O)c1ccc(CN(C)c2cc(Cl)nc(C)n2)cc1. The summed E-state index contributed by atoms with van der Waals surface area (Å²) in [6.45, 7) is 2.47. The molecule has 1 aromatic carbocycles. The Balaban J connectivity index is 2.12. The molecule has 0 saturated heterocycles. The molecule has 0 aliphatic heterocycles. The number of anilines is 1. The first-order valence-electron chi connectivity index (χ1n) is 6.53. The number of aromatic nitrogens is 2. The van der Waals surface area contributed by atoms with E-state index < -0.39 is 0 Å². The van der Waals surface area contributed by atoms with Crippen LogP contribution in [0, 0.1) is 6.92 Å². The third kappa shape index (κ3) is 3.92. The molecule has 0 fully saturated rings. The Labute approximate surface area is 129 Å². The van der Waals surface area contributed by atoms with Crippen LogP contribution in [0.25, 0.3) is 0 Å². The smallest absolute Gasteiger partial charge is 0.251 e. The Bertz CT molecular complexity index is 622. The molecular weight excluding hydrogens is 288 g/mol. The number of rotatable bonds is 4. The van der Waals surface area contributed by atoms with Crippen LogP contribution in [-0.2, 0) is 6.54 Å². The van der Waals surface area contributed by atoms with E-state index in [9.17, 15) is 4.79 Å². The lowest BCUT2D eigenvalue weighted by atomic mass is 10.1. The first-order chi connectivity index (χ1) is 9.99. The first kappa shape index (κ1) is 15.3. The summed E-state index contributed by atoms with van der Waals surface area (Å²) in [6, 6.07) is 9.20. The minimum absolute atomic E-state index is 0.0897. The third-order valence-electron chi connectivity index (χ3n) is 3.05. The average molecular weight is 305 g/mol. The zero-order valence-corrected chi connectivity index (χ0v) is 13.0. The zero-order valence-electron chi connectivity index (χ0n) is 12.2. The Kier molecular flexibility index (Phi) is 4.75. The van der Waals surface area contributed by atoms with Gasteiger partial charge in [0, 0.05) is 32.3 Å². The lowest BCUT2D eigenvalue weighted by molar-refractivity contribution is 0.0963. The Morgan fingerprint density at radius 1 is 1.29 bits per heavy atom. The highest BCUT2D eigenvalue weighted by Gasteiger charge is 2.08. The van der Waals surface area contributed by atoms with Gasteiger partial charge in [-0.2, -0.15) is 0 Å². The van der Waals surface area contributed by atoms with Gasteiger partial charge in [0.05, 0.1) is 0 Å². The maximum atomic E-state index is 11.5. The summed E-state index contributed by atoms with van der Waals surface area (Å²) in [5.74, 6) is 1.32. The number of aryl methyl sites for hydroxylation is 1. The maximum absolute atomic E-state index is 11.5. The highest BCUT2D eigenvalue weighted by molar-refractivity contribution is 6.29. The van der Waals surface area contributed by atoms with Crippen molar-refractivity contribution in [2.24, 2.45) is 0 Å². The van der Waals surface area contributed by atoms with Gasteiger partial charge in [-0.1, -0.05) is 23.7 Å². The van der Waals surface area contributed by atoms with Gasteiger partial charge in [0.25, 0.3) is 5.91 Å². The van der Waals surface area contributed by atoms with E-state index in [0.29, 0.717) is 23.1 Å². The van der Waals surface area contributed by atoms with E-state index in [-0.39, 0.29) is 5.91 Å². The largest absolute Gasteiger partial charge is 0.355 e. The molecule has 0 bridgehead atoms. The van der Waals surface area contributed by atoms with E-state index in [4.69, 9.17) is 11.6 Å². The van der Waals surface area contributed by atoms with Crippen molar-refractivity contribution in [3.05, 3.63) is 52.4 Å². The van der Waals surface area contributed by atoms with Crippen molar-refractivity contribution in [2.45, 2.75) is 13.5 Å². The summed E-state index contributed by atoms with van der Waals surface area (Å²) in [7, 11) is 3.55. The van der Waals surface area contributed by atoms with Gasteiger partial charge in [-0.05, 0) is 24.6 Å². The van der Waals surface area contributed by atoms with Gasteiger partial charge in [-0.15, -0.1) is 0 Å². The Morgan fingerprint density at radius 2 is 1.95 bits per heavy atom. The number of hydrogen-bond acceptors (Lipinski definition) is 4. The molecule has 5 nitrogen and oxygen atoms in total. The molecule has 1 N–H and O–H groups in total. The number of carbonyl (C=O) groups excluding carboxylic acids is 1. The highest BCUT2D eigenvalue weighted by Crippen LogP contribution is 2.17. The van der Waals surface area contributed by atoms with Gasteiger partial charge in [-0.3, -0.25) is 4.79 Å². The van der Waals surface area contributed by atoms with E-state index in [1.54, 1.807) is 32.2 Å². The minimum Gasteiger partial charge on any atom is -0.355 e. The second-order valence-corrected chi connectivity index (χ2v) is 5.12. The lowest BCUT2D eigenvalue weighted by Gasteiger charge is -2.18.